The molecule has 2 heterocycles. The van der Waals surface area contributed by atoms with Gasteiger partial charge in [-0.25, -0.2) is 4.39 Å². The monoisotopic (exact) mass is 418 g/mol. The Balaban J connectivity index is 2.03. The molecule has 6 heteroatoms. The molecule has 0 saturated heterocycles. The molecule has 1 aliphatic heterocycles. The van der Waals surface area contributed by atoms with Crippen LogP contribution in [0.1, 0.15) is 22.8 Å². The van der Waals surface area contributed by atoms with Crippen molar-refractivity contribution >= 4 is 28.3 Å². The Morgan fingerprint density at radius 1 is 1.09 bits per heavy atom. The first kappa shape index (κ1) is 14.5. The molecule has 0 atom stereocenters. The van der Waals surface area contributed by atoms with Crippen LogP contribution in [-0.4, -0.2) is 20.5 Å². The summed E-state index contributed by atoms with van der Waals surface area (Å²) in [5.41, 5.74) is 2.99. The van der Waals surface area contributed by atoms with Crippen molar-refractivity contribution in [2.24, 2.45) is 4.99 Å². The van der Waals surface area contributed by atoms with Crippen LogP contribution in [0.25, 0.3) is 5.69 Å². The lowest BCUT2D eigenvalue weighted by atomic mass is 10.00. The Morgan fingerprint density at radius 3 is 2.74 bits per heavy atom. The molecule has 0 fully saturated rings. The number of hydrogen-bond donors (Lipinski definition) is 0. The van der Waals surface area contributed by atoms with Crippen molar-refractivity contribution in [2.75, 3.05) is 0 Å². The van der Waals surface area contributed by atoms with E-state index in [1.165, 1.54) is 6.07 Å². The van der Waals surface area contributed by atoms with Crippen LogP contribution in [0.2, 0.25) is 0 Å². The normalized spacial score (nSPS) is 13.1. The van der Waals surface area contributed by atoms with Crippen LogP contribution in [0.5, 0.6) is 0 Å². The maximum Gasteiger partial charge on any atom is 0.159 e. The van der Waals surface area contributed by atoms with Gasteiger partial charge in [-0.1, -0.05) is 12.1 Å². The van der Waals surface area contributed by atoms with Crippen LogP contribution < -0.4 is 0 Å². The molecule has 1 aliphatic rings. The van der Waals surface area contributed by atoms with Crippen molar-refractivity contribution < 1.29 is 4.39 Å². The second-order valence-corrected chi connectivity index (χ2v) is 6.55. The Bertz CT molecular complexity index is 946. The van der Waals surface area contributed by atoms with Crippen molar-refractivity contribution in [1.82, 2.24) is 14.8 Å². The van der Waals surface area contributed by atoms with Crippen molar-refractivity contribution in [2.45, 2.75) is 13.5 Å². The largest absolute Gasteiger partial charge is 0.281 e. The Hall–Kier alpha value is -2.09. The van der Waals surface area contributed by atoms with Gasteiger partial charge in [0.2, 0.25) is 0 Å². The first-order chi connectivity index (χ1) is 11.1. The van der Waals surface area contributed by atoms with Crippen molar-refractivity contribution in [1.29, 1.82) is 0 Å². The van der Waals surface area contributed by atoms with Gasteiger partial charge in [0.15, 0.2) is 5.82 Å². The van der Waals surface area contributed by atoms with E-state index in [4.69, 9.17) is 0 Å². The molecule has 0 spiro atoms. The highest BCUT2D eigenvalue weighted by atomic mass is 127. The first-order valence-electron chi connectivity index (χ1n) is 7.15. The highest BCUT2D eigenvalue weighted by Crippen LogP contribution is 2.27. The van der Waals surface area contributed by atoms with Gasteiger partial charge in [-0.05, 0) is 59.8 Å². The predicted molar refractivity (Wildman–Crippen MR) is 94.6 cm³/mol. The standard InChI is InChI=1S/C17H12FIN4/c1-10-21-22-16-9-20-17(12-4-2-3-5-14(12)18)13-8-11(19)6-7-15(13)23(10)16/h2-8H,9H2,1H3. The van der Waals surface area contributed by atoms with Gasteiger partial charge in [0.1, 0.15) is 18.2 Å². The van der Waals surface area contributed by atoms with Gasteiger partial charge < -0.3 is 0 Å². The summed E-state index contributed by atoms with van der Waals surface area (Å²) in [5.74, 6) is 1.29. The first-order valence-corrected chi connectivity index (χ1v) is 8.23. The van der Waals surface area contributed by atoms with Crippen LogP contribution in [0.3, 0.4) is 0 Å². The SMILES string of the molecule is Cc1nnc2n1-c1ccc(I)cc1C(c1ccccc1F)=NC2. The minimum Gasteiger partial charge on any atom is -0.281 e. The summed E-state index contributed by atoms with van der Waals surface area (Å²) in [6.45, 7) is 2.28. The Kier molecular flexibility index (Phi) is 3.48. The maximum atomic E-state index is 14.3. The topological polar surface area (TPSA) is 43.1 Å². The zero-order valence-corrected chi connectivity index (χ0v) is 14.5. The van der Waals surface area contributed by atoms with Crippen molar-refractivity contribution in [3.8, 4) is 5.69 Å². The maximum absolute atomic E-state index is 14.3. The Morgan fingerprint density at radius 2 is 1.91 bits per heavy atom. The van der Waals surface area contributed by atoms with E-state index in [9.17, 15) is 4.39 Å². The van der Waals surface area contributed by atoms with Gasteiger partial charge in [-0.3, -0.25) is 9.56 Å². The fraction of sp³-hybridized carbons (Fsp3) is 0.118. The molecule has 114 valence electrons. The number of aromatic nitrogens is 3. The van der Waals surface area contributed by atoms with Gasteiger partial charge in [0.05, 0.1) is 11.4 Å². The highest BCUT2D eigenvalue weighted by Gasteiger charge is 2.23. The minimum absolute atomic E-state index is 0.273. The zero-order chi connectivity index (χ0) is 16.0. The number of nitrogens with zero attached hydrogens (tertiary/aromatic N) is 4. The van der Waals surface area contributed by atoms with E-state index >= 15 is 0 Å². The van der Waals surface area contributed by atoms with Gasteiger partial charge >= 0.3 is 0 Å². The zero-order valence-electron chi connectivity index (χ0n) is 12.3. The molecule has 2 aromatic carbocycles. The second-order valence-electron chi connectivity index (χ2n) is 5.31. The van der Waals surface area contributed by atoms with E-state index in [2.05, 4.69) is 37.8 Å². The summed E-state index contributed by atoms with van der Waals surface area (Å²) < 4.78 is 17.4. The molecule has 23 heavy (non-hydrogen) atoms. The molecule has 0 aliphatic carbocycles. The van der Waals surface area contributed by atoms with Crippen LogP contribution >= 0.6 is 22.6 Å². The minimum atomic E-state index is -0.273. The van der Waals surface area contributed by atoms with Crippen LogP contribution in [-0.2, 0) is 6.54 Å². The summed E-state index contributed by atoms with van der Waals surface area (Å²) >= 11 is 2.25. The van der Waals surface area contributed by atoms with Crippen LogP contribution in [0.15, 0.2) is 47.5 Å². The van der Waals surface area contributed by atoms with Crippen LogP contribution in [0.4, 0.5) is 4.39 Å². The third-order valence-corrected chi connectivity index (χ3v) is 4.53. The lowest BCUT2D eigenvalue weighted by molar-refractivity contribution is 0.625. The third kappa shape index (κ3) is 2.37. The van der Waals surface area contributed by atoms with Crippen molar-refractivity contribution in [3.63, 3.8) is 0 Å². The van der Waals surface area contributed by atoms with E-state index in [-0.39, 0.29) is 5.82 Å². The molecule has 0 radical (unpaired) electrons. The Labute approximate surface area is 146 Å². The molecule has 0 saturated carbocycles. The molecule has 4 rings (SSSR count). The summed E-state index contributed by atoms with van der Waals surface area (Å²) in [6, 6.07) is 12.8. The fourth-order valence-electron chi connectivity index (χ4n) is 2.83. The lowest BCUT2D eigenvalue weighted by Gasteiger charge is -2.13. The number of fused-ring (bicyclic) bond motifs is 3. The number of hydrogen-bond acceptors (Lipinski definition) is 3. The fourth-order valence-corrected chi connectivity index (χ4v) is 3.32. The second kappa shape index (κ2) is 5.52. The van der Waals surface area contributed by atoms with Crippen molar-refractivity contribution in [3.05, 3.63) is 74.6 Å². The lowest BCUT2D eigenvalue weighted by Crippen LogP contribution is -2.10. The number of benzene rings is 2. The van der Waals surface area contributed by atoms with E-state index < -0.39 is 0 Å². The molecule has 3 aromatic rings. The van der Waals surface area contributed by atoms with E-state index in [1.807, 2.05) is 35.8 Å². The molecular formula is C17H12FIN4. The summed E-state index contributed by atoms with van der Waals surface area (Å²) in [6.07, 6.45) is 0. The number of aliphatic imine (C=N–C) groups is 1. The third-order valence-electron chi connectivity index (χ3n) is 3.85. The smallest absolute Gasteiger partial charge is 0.159 e. The molecule has 1 aromatic heterocycles. The molecule has 4 nitrogen and oxygen atoms in total. The predicted octanol–water partition coefficient (Wildman–Crippen LogP) is 3.67. The quantitative estimate of drug-likeness (QED) is 0.567. The number of halogens is 2. The van der Waals surface area contributed by atoms with Gasteiger partial charge in [-0.15, -0.1) is 10.2 Å². The molecular weight excluding hydrogens is 406 g/mol. The number of rotatable bonds is 1. The molecule has 0 N–H and O–H groups in total. The molecule has 0 unspecified atom stereocenters. The summed E-state index contributed by atoms with van der Waals surface area (Å²) in [5, 5.41) is 8.34. The van der Waals surface area contributed by atoms with E-state index in [0.29, 0.717) is 17.8 Å². The van der Waals surface area contributed by atoms with Gasteiger partial charge in [0.25, 0.3) is 0 Å². The van der Waals surface area contributed by atoms with Gasteiger partial charge in [-0.2, -0.15) is 0 Å². The summed E-state index contributed by atoms with van der Waals surface area (Å²) in [4.78, 5) is 4.64. The van der Waals surface area contributed by atoms with E-state index in [1.54, 1.807) is 12.1 Å². The molecule has 0 amide bonds. The average Bonchev–Trinajstić information content (AvgIpc) is 2.82. The molecule has 0 bridgehead atoms. The van der Waals surface area contributed by atoms with Gasteiger partial charge in [0, 0.05) is 14.7 Å². The average molecular weight is 418 g/mol. The number of aryl methyl sites for hydroxylation is 1. The van der Waals surface area contributed by atoms with E-state index in [0.717, 1.165) is 26.5 Å². The van der Waals surface area contributed by atoms with Crippen LogP contribution in [0, 0.1) is 16.3 Å². The summed E-state index contributed by atoms with van der Waals surface area (Å²) in [7, 11) is 0. The highest BCUT2D eigenvalue weighted by molar-refractivity contribution is 14.1.